The van der Waals surface area contributed by atoms with Crippen LogP contribution in [0.3, 0.4) is 0 Å². The van der Waals surface area contributed by atoms with E-state index in [0.29, 0.717) is 17.4 Å². The van der Waals surface area contributed by atoms with Gasteiger partial charge in [-0.3, -0.25) is 4.79 Å². The van der Waals surface area contributed by atoms with Gasteiger partial charge in [-0.2, -0.15) is 0 Å². The summed E-state index contributed by atoms with van der Waals surface area (Å²) >= 11 is 5.11. The Bertz CT molecular complexity index is 531. The number of hydrogen-bond donors (Lipinski definition) is 1. The molecule has 20 heavy (non-hydrogen) atoms. The number of methoxy groups -OCH3 is 1. The first kappa shape index (κ1) is 16.4. The van der Waals surface area contributed by atoms with Gasteiger partial charge in [-0.25, -0.2) is 4.98 Å². The molecule has 0 saturated carbocycles. The summed E-state index contributed by atoms with van der Waals surface area (Å²) in [6.45, 7) is 6.16. The Balaban J connectivity index is 3.12. The Kier molecular flexibility index (Phi) is 5.44. The number of anilines is 1. The number of thiocarbonyl (C=S) groups is 1. The Morgan fingerprint density at radius 1 is 1.55 bits per heavy atom. The van der Waals surface area contributed by atoms with Gasteiger partial charge < -0.3 is 15.4 Å². The minimum absolute atomic E-state index is 0.252. The van der Waals surface area contributed by atoms with Crippen LogP contribution in [0.1, 0.15) is 23.7 Å². The maximum Gasteiger partial charge on any atom is 0.310 e. The lowest BCUT2D eigenvalue weighted by Gasteiger charge is -2.24. The Morgan fingerprint density at radius 2 is 2.15 bits per heavy atom. The van der Waals surface area contributed by atoms with Crippen LogP contribution in [-0.4, -0.2) is 36.6 Å². The second kappa shape index (κ2) is 6.65. The molecule has 0 aliphatic carbocycles. The van der Waals surface area contributed by atoms with E-state index in [1.165, 1.54) is 7.11 Å². The standard InChI is InChI=1S/C14H21N3O2S/c1-8-6-10(3)16-13(11(8)12(15)20)17(4)7-9(2)14(18)19-5/h6,9H,7H2,1-5H3,(H2,15,20). The zero-order chi connectivity index (χ0) is 15.4. The third kappa shape index (κ3) is 3.66. The highest BCUT2D eigenvalue weighted by atomic mass is 32.1. The van der Waals surface area contributed by atoms with Gasteiger partial charge in [-0.15, -0.1) is 0 Å². The second-order valence-corrected chi connectivity index (χ2v) is 5.39. The maximum absolute atomic E-state index is 11.5. The summed E-state index contributed by atoms with van der Waals surface area (Å²) in [5.74, 6) is 0.190. The molecule has 0 aromatic carbocycles. The summed E-state index contributed by atoms with van der Waals surface area (Å²) in [5.41, 5.74) is 8.42. The number of esters is 1. The molecule has 0 bridgehead atoms. The molecule has 1 heterocycles. The molecule has 5 nitrogen and oxygen atoms in total. The van der Waals surface area contributed by atoms with Crippen LogP contribution in [0.15, 0.2) is 6.07 Å². The molecule has 0 aliphatic heterocycles. The van der Waals surface area contributed by atoms with Crippen molar-refractivity contribution in [1.29, 1.82) is 0 Å². The van der Waals surface area contributed by atoms with Crippen LogP contribution in [-0.2, 0) is 9.53 Å². The number of nitrogens with two attached hydrogens (primary N) is 1. The largest absolute Gasteiger partial charge is 0.469 e. The summed E-state index contributed by atoms with van der Waals surface area (Å²) in [5, 5.41) is 0. The van der Waals surface area contributed by atoms with Crippen molar-refractivity contribution >= 4 is 29.0 Å². The number of hydrogen-bond acceptors (Lipinski definition) is 5. The number of pyridine rings is 1. The smallest absolute Gasteiger partial charge is 0.310 e. The van der Waals surface area contributed by atoms with Crippen LogP contribution < -0.4 is 10.6 Å². The fourth-order valence-electron chi connectivity index (χ4n) is 2.17. The van der Waals surface area contributed by atoms with Crippen LogP contribution in [0.2, 0.25) is 0 Å². The van der Waals surface area contributed by atoms with Crippen molar-refractivity contribution < 1.29 is 9.53 Å². The van der Waals surface area contributed by atoms with Crippen molar-refractivity contribution in [2.45, 2.75) is 20.8 Å². The summed E-state index contributed by atoms with van der Waals surface area (Å²) in [6, 6.07) is 1.94. The van der Waals surface area contributed by atoms with Gasteiger partial charge in [0, 0.05) is 19.3 Å². The number of aryl methyl sites for hydroxylation is 2. The van der Waals surface area contributed by atoms with Crippen molar-refractivity contribution in [2.24, 2.45) is 11.7 Å². The average molecular weight is 295 g/mol. The third-order valence-corrected chi connectivity index (χ3v) is 3.29. The van der Waals surface area contributed by atoms with Crippen molar-refractivity contribution in [2.75, 3.05) is 25.6 Å². The predicted octanol–water partition coefficient (Wildman–Crippen LogP) is 1.58. The number of nitrogens with zero attached hydrogens (tertiary/aromatic N) is 2. The number of aromatic nitrogens is 1. The van der Waals surface area contributed by atoms with E-state index in [1.54, 1.807) is 0 Å². The predicted molar refractivity (Wildman–Crippen MR) is 84.0 cm³/mol. The molecule has 2 N–H and O–H groups in total. The van der Waals surface area contributed by atoms with Crippen molar-refractivity contribution in [3.05, 3.63) is 22.9 Å². The molecule has 110 valence electrons. The first-order valence-electron chi connectivity index (χ1n) is 6.35. The molecule has 1 rings (SSSR count). The van der Waals surface area contributed by atoms with E-state index in [-0.39, 0.29) is 11.9 Å². The van der Waals surface area contributed by atoms with E-state index in [9.17, 15) is 4.79 Å². The van der Waals surface area contributed by atoms with E-state index in [0.717, 1.165) is 16.8 Å². The van der Waals surface area contributed by atoms with Gasteiger partial charge in [0.2, 0.25) is 0 Å². The highest BCUT2D eigenvalue weighted by molar-refractivity contribution is 7.80. The fourth-order valence-corrected chi connectivity index (χ4v) is 2.42. The normalized spacial score (nSPS) is 11.8. The van der Waals surface area contributed by atoms with Gasteiger partial charge in [0.1, 0.15) is 10.8 Å². The molecule has 0 fully saturated rings. The van der Waals surface area contributed by atoms with Gasteiger partial charge in [0.25, 0.3) is 0 Å². The van der Waals surface area contributed by atoms with E-state index < -0.39 is 0 Å². The monoisotopic (exact) mass is 295 g/mol. The second-order valence-electron chi connectivity index (χ2n) is 4.95. The molecule has 0 saturated heterocycles. The lowest BCUT2D eigenvalue weighted by atomic mass is 10.1. The van der Waals surface area contributed by atoms with Gasteiger partial charge in [-0.05, 0) is 25.5 Å². The van der Waals surface area contributed by atoms with Gasteiger partial charge in [0.15, 0.2) is 0 Å². The highest BCUT2D eigenvalue weighted by Crippen LogP contribution is 2.22. The third-order valence-electron chi connectivity index (χ3n) is 3.08. The van der Waals surface area contributed by atoms with Gasteiger partial charge in [0.05, 0.1) is 18.6 Å². The minimum atomic E-state index is -0.258. The molecule has 0 radical (unpaired) electrons. The van der Waals surface area contributed by atoms with Crippen LogP contribution >= 0.6 is 12.2 Å². The van der Waals surface area contributed by atoms with E-state index in [4.69, 9.17) is 22.7 Å². The molecular weight excluding hydrogens is 274 g/mol. The Morgan fingerprint density at radius 3 is 2.65 bits per heavy atom. The lowest BCUT2D eigenvalue weighted by molar-refractivity contribution is -0.144. The van der Waals surface area contributed by atoms with E-state index in [1.807, 2.05) is 38.8 Å². The Hall–Kier alpha value is -1.69. The fraction of sp³-hybridized carbons (Fsp3) is 0.500. The van der Waals surface area contributed by atoms with Crippen LogP contribution in [0, 0.1) is 19.8 Å². The first-order valence-corrected chi connectivity index (χ1v) is 6.75. The molecule has 6 heteroatoms. The van der Waals surface area contributed by atoms with Gasteiger partial charge in [-0.1, -0.05) is 19.1 Å². The zero-order valence-corrected chi connectivity index (χ0v) is 13.4. The maximum atomic E-state index is 11.5. The number of rotatable bonds is 5. The number of carbonyl (C=O) groups is 1. The van der Waals surface area contributed by atoms with Crippen LogP contribution in [0.5, 0.6) is 0 Å². The molecular formula is C14H21N3O2S. The minimum Gasteiger partial charge on any atom is -0.469 e. The summed E-state index contributed by atoms with van der Waals surface area (Å²) in [6.07, 6.45) is 0. The quantitative estimate of drug-likeness (QED) is 0.657. The van der Waals surface area contributed by atoms with E-state index >= 15 is 0 Å². The summed E-state index contributed by atoms with van der Waals surface area (Å²) in [4.78, 5) is 18.2. The topological polar surface area (TPSA) is 68.5 Å². The van der Waals surface area contributed by atoms with Crippen molar-refractivity contribution in [3.63, 3.8) is 0 Å². The van der Waals surface area contributed by atoms with Crippen molar-refractivity contribution in [3.8, 4) is 0 Å². The SMILES string of the molecule is COC(=O)C(C)CN(C)c1nc(C)cc(C)c1C(N)=S. The molecule has 0 amide bonds. The first-order chi connectivity index (χ1) is 9.27. The summed E-state index contributed by atoms with van der Waals surface area (Å²) < 4.78 is 4.74. The number of carbonyl (C=O) groups excluding carboxylic acids is 1. The summed E-state index contributed by atoms with van der Waals surface area (Å²) in [7, 11) is 3.25. The number of ether oxygens (including phenoxy) is 1. The molecule has 1 aromatic heterocycles. The molecule has 1 unspecified atom stereocenters. The van der Waals surface area contributed by atoms with E-state index in [2.05, 4.69) is 4.98 Å². The van der Waals surface area contributed by atoms with Crippen molar-refractivity contribution in [1.82, 2.24) is 4.98 Å². The van der Waals surface area contributed by atoms with Gasteiger partial charge >= 0.3 is 5.97 Å². The molecule has 1 aromatic rings. The van der Waals surface area contributed by atoms with Crippen LogP contribution in [0.4, 0.5) is 5.82 Å². The highest BCUT2D eigenvalue weighted by Gasteiger charge is 2.20. The average Bonchev–Trinajstić information content (AvgIpc) is 2.35. The molecule has 0 spiro atoms. The van der Waals surface area contributed by atoms with Crippen LogP contribution in [0.25, 0.3) is 0 Å². The molecule has 0 aliphatic rings. The molecule has 1 atom stereocenters. The zero-order valence-electron chi connectivity index (χ0n) is 12.6. The Labute approximate surface area is 125 Å². The lowest BCUT2D eigenvalue weighted by Crippen LogP contribution is -2.32.